The van der Waals surface area contributed by atoms with Gasteiger partial charge in [-0.3, -0.25) is 13.9 Å². The number of nitrogens with zero attached hydrogens (tertiary/aromatic N) is 2. The number of hydrogen-bond donors (Lipinski definition) is 1. The van der Waals surface area contributed by atoms with E-state index in [1.54, 1.807) is 24.0 Å². The number of nitrogens with one attached hydrogen (secondary N) is 1. The van der Waals surface area contributed by atoms with Crippen LogP contribution in [0.25, 0.3) is 0 Å². The topological polar surface area (TPSA) is 86.8 Å². The maximum absolute atomic E-state index is 13.3. The van der Waals surface area contributed by atoms with Crippen LogP contribution in [0.1, 0.15) is 56.6 Å². The molecule has 0 unspecified atom stereocenters. The van der Waals surface area contributed by atoms with Crippen LogP contribution in [-0.4, -0.2) is 50.0 Å². The number of sulfonamides is 1. The van der Waals surface area contributed by atoms with Crippen molar-refractivity contribution in [2.24, 2.45) is 0 Å². The molecule has 7 nitrogen and oxygen atoms in total. The van der Waals surface area contributed by atoms with Crippen molar-refractivity contribution in [1.82, 2.24) is 10.2 Å². The highest BCUT2D eigenvalue weighted by Crippen LogP contribution is 2.21. The van der Waals surface area contributed by atoms with Crippen LogP contribution < -0.4 is 9.62 Å². The number of rotatable bonds is 11. The molecule has 35 heavy (non-hydrogen) atoms. The molecule has 8 heteroatoms. The zero-order chi connectivity index (χ0) is 25.4. The van der Waals surface area contributed by atoms with Crippen molar-refractivity contribution in [2.75, 3.05) is 17.1 Å². The van der Waals surface area contributed by atoms with E-state index in [9.17, 15) is 18.0 Å². The SMILES string of the molecule is Cc1ccc(N(CCCC(=O)N(Cc2ccccc2)[C@@H](C)C(=O)NC2CCCC2)S(C)(=O)=O)cc1. The molecule has 0 saturated heterocycles. The lowest BCUT2D eigenvalue weighted by Gasteiger charge is -2.30. The molecule has 0 heterocycles. The van der Waals surface area contributed by atoms with E-state index in [1.165, 1.54) is 10.6 Å². The maximum Gasteiger partial charge on any atom is 0.242 e. The number of carbonyl (C=O) groups excluding carboxylic acids is 2. The van der Waals surface area contributed by atoms with Crippen molar-refractivity contribution < 1.29 is 18.0 Å². The molecular weight excluding hydrogens is 462 g/mol. The van der Waals surface area contributed by atoms with E-state index in [2.05, 4.69) is 5.32 Å². The van der Waals surface area contributed by atoms with Gasteiger partial charge in [0.2, 0.25) is 21.8 Å². The Morgan fingerprint density at radius 3 is 2.26 bits per heavy atom. The number of hydrogen-bond acceptors (Lipinski definition) is 4. The fourth-order valence-corrected chi connectivity index (χ4v) is 5.44. The van der Waals surface area contributed by atoms with Crippen LogP contribution in [0.3, 0.4) is 0 Å². The summed E-state index contributed by atoms with van der Waals surface area (Å²) in [4.78, 5) is 27.9. The van der Waals surface area contributed by atoms with E-state index in [4.69, 9.17) is 0 Å². The molecule has 3 rings (SSSR count). The van der Waals surface area contributed by atoms with Gasteiger partial charge in [0.05, 0.1) is 11.9 Å². The fourth-order valence-electron chi connectivity index (χ4n) is 4.47. The monoisotopic (exact) mass is 499 g/mol. The minimum absolute atomic E-state index is 0.140. The Kier molecular flexibility index (Phi) is 9.32. The molecule has 1 N–H and O–H groups in total. The summed E-state index contributed by atoms with van der Waals surface area (Å²) in [6.45, 7) is 4.22. The zero-order valence-corrected chi connectivity index (χ0v) is 21.8. The van der Waals surface area contributed by atoms with Crippen molar-refractivity contribution in [2.45, 2.75) is 71.0 Å². The third kappa shape index (κ3) is 7.82. The molecule has 0 aromatic heterocycles. The number of amides is 2. The molecule has 1 fully saturated rings. The number of aryl methyl sites for hydroxylation is 1. The quantitative estimate of drug-likeness (QED) is 0.506. The molecule has 1 atom stereocenters. The largest absolute Gasteiger partial charge is 0.352 e. The average Bonchev–Trinajstić information content (AvgIpc) is 3.33. The maximum atomic E-state index is 13.3. The van der Waals surface area contributed by atoms with Crippen molar-refractivity contribution in [3.05, 3.63) is 65.7 Å². The molecule has 2 aromatic rings. The number of carbonyl (C=O) groups is 2. The highest BCUT2D eigenvalue weighted by atomic mass is 32.2. The van der Waals surface area contributed by atoms with E-state index in [0.717, 1.165) is 36.8 Å². The second-order valence-electron chi connectivity index (χ2n) is 9.45. The van der Waals surface area contributed by atoms with Gasteiger partial charge < -0.3 is 10.2 Å². The van der Waals surface area contributed by atoms with Gasteiger partial charge >= 0.3 is 0 Å². The summed E-state index contributed by atoms with van der Waals surface area (Å²) in [6.07, 6.45) is 5.85. The zero-order valence-electron chi connectivity index (χ0n) is 20.9. The molecule has 1 aliphatic carbocycles. The van der Waals surface area contributed by atoms with Gasteiger partial charge in [0.15, 0.2) is 0 Å². The molecular formula is C27H37N3O4S. The highest BCUT2D eigenvalue weighted by Gasteiger charge is 2.28. The van der Waals surface area contributed by atoms with Crippen LogP contribution in [0, 0.1) is 6.92 Å². The molecule has 1 saturated carbocycles. The smallest absolute Gasteiger partial charge is 0.242 e. The lowest BCUT2D eigenvalue weighted by molar-refractivity contribution is -0.141. The first kappa shape index (κ1) is 26.7. The van der Waals surface area contributed by atoms with Crippen LogP contribution in [0.15, 0.2) is 54.6 Å². The Morgan fingerprint density at radius 2 is 1.66 bits per heavy atom. The molecule has 190 valence electrons. The standard InChI is InChI=1S/C27H37N3O4S/c1-21-15-17-25(18-16-21)30(35(3,33)34)19-9-14-26(31)29(20-23-10-5-4-6-11-23)22(2)27(32)28-24-12-7-8-13-24/h4-6,10-11,15-18,22,24H,7-9,12-14,19-20H2,1-3H3,(H,28,32)/t22-/m0/s1. The first-order chi connectivity index (χ1) is 16.6. The van der Waals surface area contributed by atoms with Crippen molar-refractivity contribution in [3.63, 3.8) is 0 Å². The minimum atomic E-state index is -3.50. The summed E-state index contributed by atoms with van der Waals surface area (Å²) in [5.41, 5.74) is 2.56. The van der Waals surface area contributed by atoms with Crippen LogP contribution >= 0.6 is 0 Å². The van der Waals surface area contributed by atoms with E-state index in [1.807, 2.05) is 49.4 Å². The van der Waals surface area contributed by atoms with E-state index in [0.29, 0.717) is 18.7 Å². The molecule has 0 aliphatic heterocycles. The summed E-state index contributed by atoms with van der Waals surface area (Å²) >= 11 is 0. The van der Waals surface area contributed by atoms with Crippen molar-refractivity contribution in [3.8, 4) is 0 Å². The second-order valence-corrected chi connectivity index (χ2v) is 11.4. The third-order valence-corrected chi connectivity index (χ3v) is 7.73. The van der Waals surface area contributed by atoms with Gasteiger partial charge in [0, 0.05) is 25.6 Å². The van der Waals surface area contributed by atoms with Gasteiger partial charge in [-0.15, -0.1) is 0 Å². The third-order valence-electron chi connectivity index (χ3n) is 6.54. The predicted octanol–water partition coefficient (Wildman–Crippen LogP) is 4.02. The summed E-state index contributed by atoms with van der Waals surface area (Å²) in [7, 11) is -3.50. The summed E-state index contributed by atoms with van der Waals surface area (Å²) in [5, 5.41) is 3.10. The lowest BCUT2D eigenvalue weighted by Crippen LogP contribution is -2.49. The first-order valence-electron chi connectivity index (χ1n) is 12.3. The molecule has 2 aromatic carbocycles. The first-order valence-corrected chi connectivity index (χ1v) is 14.2. The van der Waals surface area contributed by atoms with Gasteiger partial charge in [0.25, 0.3) is 0 Å². The lowest BCUT2D eigenvalue weighted by atomic mass is 10.1. The van der Waals surface area contributed by atoms with Crippen molar-refractivity contribution >= 4 is 27.5 Å². The Balaban J connectivity index is 1.68. The van der Waals surface area contributed by atoms with Crippen molar-refractivity contribution in [1.29, 1.82) is 0 Å². The van der Waals surface area contributed by atoms with Crippen LogP contribution in [-0.2, 0) is 26.2 Å². The van der Waals surface area contributed by atoms with Gasteiger partial charge in [-0.1, -0.05) is 60.9 Å². The van der Waals surface area contributed by atoms with Crippen LogP contribution in [0.2, 0.25) is 0 Å². The fraction of sp³-hybridized carbons (Fsp3) is 0.481. The predicted molar refractivity (Wildman–Crippen MR) is 139 cm³/mol. The molecule has 0 spiro atoms. The van der Waals surface area contributed by atoms with Gasteiger partial charge in [-0.25, -0.2) is 8.42 Å². The Bertz CT molecular complexity index is 1080. The summed E-state index contributed by atoms with van der Waals surface area (Å²) in [5.74, 6) is -0.307. The van der Waals surface area contributed by atoms with Gasteiger partial charge in [-0.2, -0.15) is 0 Å². The van der Waals surface area contributed by atoms with E-state index < -0.39 is 16.1 Å². The van der Waals surface area contributed by atoms with Gasteiger partial charge in [-0.05, 0) is 50.8 Å². The second kappa shape index (κ2) is 12.2. The average molecular weight is 500 g/mol. The van der Waals surface area contributed by atoms with Gasteiger partial charge in [0.1, 0.15) is 6.04 Å². The van der Waals surface area contributed by atoms with Crippen LogP contribution in [0.4, 0.5) is 5.69 Å². The molecule has 0 radical (unpaired) electrons. The normalized spacial score (nSPS) is 14.9. The van der Waals surface area contributed by atoms with E-state index in [-0.39, 0.29) is 30.8 Å². The number of anilines is 1. The summed E-state index contributed by atoms with van der Waals surface area (Å²) < 4.78 is 26.1. The van der Waals surface area contributed by atoms with E-state index >= 15 is 0 Å². The minimum Gasteiger partial charge on any atom is -0.352 e. The Hall–Kier alpha value is -2.87. The number of benzene rings is 2. The molecule has 1 aliphatic rings. The van der Waals surface area contributed by atoms with Crippen LogP contribution in [0.5, 0.6) is 0 Å². The highest BCUT2D eigenvalue weighted by molar-refractivity contribution is 7.92. The summed E-state index contributed by atoms with van der Waals surface area (Å²) in [6, 6.07) is 16.4. The molecule has 2 amide bonds. The Labute approximate surface area is 209 Å². The Morgan fingerprint density at radius 1 is 1.03 bits per heavy atom. The molecule has 0 bridgehead atoms.